The van der Waals surface area contributed by atoms with Crippen molar-refractivity contribution >= 4 is 28.4 Å². The van der Waals surface area contributed by atoms with Crippen molar-refractivity contribution < 1.29 is 4.74 Å². The molecule has 0 bridgehead atoms. The first kappa shape index (κ1) is 13.0. The fraction of sp³-hybridized carbons (Fsp3) is 0.267. The van der Waals surface area contributed by atoms with Gasteiger partial charge in [-0.15, -0.1) is 0 Å². The monoisotopic (exact) mass is 296 g/mol. The number of anilines is 3. The van der Waals surface area contributed by atoms with Crippen molar-refractivity contribution in [3.05, 3.63) is 36.7 Å². The van der Waals surface area contributed by atoms with Gasteiger partial charge in [0.15, 0.2) is 5.65 Å². The van der Waals surface area contributed by atoms with E-state index in [1.54, 1.807) is 12.4 Å². The first-order valence-electron chi connectivity index (χ1n) is 7.24. The summed E-state index contributed by atoms with van der Waals surface area (Å²) >= 11 is 0. The van der Waals surface area contributed by atoms with Crippen LogP contribution in [0.2, 0.25) is 0 Å². The maximum Gasteiger partial charge on any atom is 0.229 e. The van der Waals surface area contributed by atoms with Crippen molar-refractivity contribution in [1.82, 2.24) is 20.2 Å². The van der Waals surface area contributed by atoms with Crippen LogP contribution in [0.1, 0.15) is 0 Å². The number of nitrogens with zero attached hydrogens (tertiary/aromatic N) is 4. The molecule has 0 amide bonds. The molecule has 0 atom stereocenters. The van der Waals surface area contributed by atoms with Gasteiger partial charge in [-0.1, -0.05) is 6.07 Å². The molecule has 7 heteroatoms. The second kappa shape index (κ2) is 5.61. The molecule has 1 aliphatic rings. The van der Waals surface area contributed by atoms with Gasteiger partial charge < -0.3 is 15.0 Å². The molecule has 0 radical (unpaired) electrons. The number of ether oxygens (including phenoxy) is 1. The lowest BCUT2D eigenvalue weighted by molar-refractivity contribution is 0.122. The Balaban J connectivity index is 1.56. The maximum absolute atomic E-state index is 5.39. The number of aromatic nitrogens is 4. The van der Waals surface area contributed by atoms with E-state index in [9.17, 15) is 0 Å². The van der Waals surface area contributed by atoms with Gasteiger partial charge in [0, 0.05) is 30.7 Å². The van der Waals surface area contributed by atoms with Crippen LogP contribution in [0.5, 0.6) is 0 Å². The van der Waals surface area contributed by atoms with Crippen LogP contribution in [0.3, 0.4) is 0 Å². The molecule has 1 aromatic carbocycles. The minimum Gasteiger partial charge on any atom is -0.378 e. The lowest BCUT2D eigenvalue weighted by atomic mass is 10.2. The third-order valence-electron chi connectivity index (χ3n) is 3.67. The number of benzene rings is 1. The summed E-state index contributed by atoms with van der Waals surface area (Å²) in [7, 11) is 0. The Bertz CT molecular complexity index is 780. The fourth-order valence-corrected chi connectivity index (χ4v) is 2.53. The van der Waals surface area contributed by atoms with E-state index in [1.165, 1.54) is 5.69 Å². The molecular formula is C15H16N6O. The van der Waals surface area contributed by atoms with Gasteiger partial charge in [0.25, 0.3) is 0 Å². The van der Waals surface area contributed by atoms with Crippen LogP contribution in [-0.2, 0) is 4.74 Å². The molecule has 2 aromatic heterocycles. The molecule has 0 aliphatic carbocycles. The molecule has 0 spiro atoms. The van der Waals surface area contributed by atoms with Gasteiger partial charge in [-0.3, -0.25) is 5.10 Å². The largest absolute Gasteiger partial charge is 0.378 e. The van der Waals surface area contributed by atoms with Gasteiger partial charge >= 0.3 is 0 Å². The summed E-state index contributed by atoms with van der Waals surface area (Å²) in [5.41, 5.74) is 2.86. The Morgan fingerprint density at radius 1 is 1.18 bits per heavy atom. The predicted molar refractivity (Wildman–Crippen MR) is 84.4 cm³/mol. The van der Waals surface area contributed by atoms with Crippen LogP contribution in [0.4, 0.5) is 17.3 Å². The van der Waals surface area contributed by atoms with Crippen molar-refractivity contribution in [3.63, 3.8) is 0 Å². The highest BCUT2D eigenvalue weighted by molar-refractivity contribution is 5.74. The van der Waals surface area contributed by atoms with E-state index in [4.69, 9.17) is 4.74 Å². The molecule has 1 aliphatic heterocycles. The number of hydrogen-bond acceptors (Lipinski definition) is 6. The average Bonchev–Trinajstić information content (AvgIpc) is 3.04. The second-order valence-electron chi connectivity index (χ2n) is 5.14. The van der Waals surface area contributed by atoms with Crippen LogP contribution < -0.4 is 10.2 Å². The minimum atomic E-state index is 0.552. The smallest absolute Gasteiger partial charge is 0.229 e. The lowest BCUT2D eigenvalue weighted by Gasteiger charge is -2.29. The van der Waals surface area contributed by atoms with Crippen molar-refractivity contribution in [3.8, 4) is 0 Å². The van der Waals surface area contributed by atoms with E-state index in [0.29, 0.717) is 5.95 Å². The van der Waals surface area contributed by atoms with Gasteiger partial charge in [0.05, 0.1) is 24.8 Å². The van der Waals surface area contributed by atoms with Crippen LogP contribution in [0.25, 0.3) is 11.0 Å². The number of rotatable bonds is 3. The Hall–Kier alpha value is -2.67. The highest BCUT2D eigenvalue weighted by Gasteiger charge is 2.11. The third-order valence-corrected chi connectivity index (χ3v) is 3.67. The van der Waals surface area contributed by atoms with E-state index in [1.807, 2.05) is 12.1 Å². The van der Waals surface area contributed by atoms with Gasteiger partial charge in [0.1, 0.15) is 0 Å². The SMILES string of the molecule is c1cc(Nc2ncc3cn[nH]c3n2)cc(N2CCOCC2)c1. The van der Waals surface area contributed by atoms with Crippen molar-refractivity contribution in [1.29, 1.82) is 0 Å². The summed E-state index contributed by atoms with van der Waals surface area (Å²) in [6.07, 6.45) is 3.46. The van der Waals surface area contributed by atoms with Crippen molar-refractivity contribution in [2.45, 2.75) is 0 Å². The standard InChI is InChI=1S/C15H16N6O/c1-2-12(8-13(3-1)21-4-6-22-7-5-21)18-15-16-9-11-10-17-20-14(11)19-15/h1-3,8-10H,4-7H2,(H2,16,17,18,19,20). The van der Waals surface area contributed by atoms with E-state index in [0.717, 1.165) is 43.0 Å². The number of H-pyrrole nitrogens is 1. The molecule has 7 nitrogen and oxygen atoms in total. The minimum absolute atomic E-state index is 0.552. The Morgan fingerprint density at radius 3 is 3.00 bits per heavy atom. The van der Waals surface area contributed by atoms with E-state index >= 15 is 0 Å². The second-order valence-corrected chi connectivity index (χ2v) is 5.14. The fourth-order valence-electron chi connectivity index (χ4n) is 2.53. The zero-order valence-electron chi connectivity index (χ0n) is 12.0. The molecule has 22 heavy (non-hydrogen) atoms. The molecule has 0 saturated carbocycles. The van der Waals surface area contributed by atoms with E-state index in [-0.39, 0.29) is 0 Å². The summed E-state index contributed by atoms with van der Waals surface area (Å²) in [6.45, 7) is 3.38. The third kappa shape index (κ3) is 2.58. The number of hydrogen-bond donors (Lipinski definition) is 2. The van der Waals surface area contributed by atoms with Crippen LogP contribution >= 0.6 is 0 Å². The first-order valence-corrected chi connectivity index (χ1v) is 7.24. The molecule has 1 fully saturated rings. The van der Waals surface area contributed by atoms with Crippen LogP contribution in [-0.4, -0.2) is 46.5 Å². The number of nitrogens with one attached hydrogen (secondary N) is 2. The summed E-state index contributed by atoms with van der Waals surface area (Å²) in [6, 6.07) is 8.24. The van der Waals surface area contributed by atoms with Crippen LogP contribution in [0.15, 0.2) is 36.7 Å². The number of fused-ring (bicyclic) bond motifs is 1. The quantitative estimate of drug-likeness (QED) is 0.769. The maximum atomic E-state index is 5.39. The van der Waals surface area contributed by atoms with Crippen molar-refractivity contribution in [2.75, 3.05) is 36.5 Å². The molecule has 3 heterocycles. The zero-order valence-corrected chi connectivity index (χ0v) is 12.0. The number of aromatic amines is 1. The molecular weight excluding hydrogens is 280 g/mol. The van der Waals surface area contributed by atoms with Gasteiger partial charge in [-0.05, 0) is 18.2 Å². The Labute approximate surface area is 127 Å². The molecule has 1 saturated heterocycles. The number of morpholine rings is 1. The molecule has 4 rings (SSSR count). The van der Waals surface area contributed by atoms with E-state index in [2.05, 4.69) is 42.5 Å². The topological polar surface area (TPSA) is 79.0 Å². The van der Waals surface area contributed by atoms with Gasteiger partial charge in [0.2, 0.25) is 5.95 Å². The summed E-state index contributed by atoms with van der Waals surface area (Å²) in [4.78, 5) is 11.0. The zero-order chi connectivity index (χ0) is 14.8. The first-order chi connectivity index (χ1) is 10.9. The predicted octanol–water partition coefficient (Wildman–Crippen LogP) is 1.93. The van der Waals surface area contributed by atoms with Gasteiger partial charge in [-0.2, -0.15) is 10.1 Å². The van der Waals surface area contributed by atoms with Gasteiger partial charge in [-0.25, -0.2) is 4.98 Å². The normalized spacial score (nSPS) is 15.2. The Kier molecular flexibility index (Phi) is 3.32. The van der Waals surface area contributed by atoms with Crippen molar-refractivity contribution in [2.24, 2.45) is 0 Å². The molecule has 0 unspecified atom stereocenters. The molecule has 3 aromatic rings. The molecule has 2 N–H and O–H groups in total. The lowest BCUT2D eigenvalue weighted by Crippen LogP contribution is -2.36. The highest BCUT2D eigenvalue weighted by atomic mass is 16.5. The molecule has 112 valence electrons. The highest BCUT2D eigenvalue weighted by Crippen LogP contribution is 2.22. The van der Waals surface area contributed by atoms with E-state index < -0.39 is 0 Å². The van der Waals surface area contributed by atoms with Crippen LogP contribution in [0, 0.1) is 0 Å². The summed E-state index contributed by atoms with van der Waals surface area (Å²) in [5, 5.41) is 10.9. The summed E-state index contributed by atoms with van der Waals surface area (Å²) < 4.78 is 5.39. The summed E-state index contributed by atoms with van der Waals surface area (Å²) in [5.74, 6) is 0.552. The Morgan fingerprint density at radius 2 is 2.09 bits per heavy atom. The average molecular weight is 296 g/mol.